The quantitative estimate of drug-likeness (QED) is 0.0880. The largest absolute Gasteiger partial charge is 0.490 e. The van der Waals surface area contributed by atoms with E-state index in [0.717, 1.165) is 16.7 Å². The molecule has 5 rings (SSSR count). The number of amides is 1. The van der Waals surface area contributed by atoms with Gasteiger partial charge >= 0.3 is 0 Å². The van der Waals surface area contributed by atoms with Crippen LogP contribution in [0.4, 0.5) is 5.69 Å². The number of benzene rings is 5. The molecule has 0 fully saturated rings. The van der Waals surface area contributed by atoms with E-state index in [-0.39, 0.29) is 17.8 Å². The van der Waals surface area contributed by atoms with Crippen LogP contribution >= 0.6 is 0 Å². The summed E-state index contributed by atoms with van der Waals surface area (Å²) in [6.07, 6.45) is 0. The fourth-order valence-corrected chi connectivity index (χ4v) is 4.92. The molecule has 0 bridgehead atoms. The number of ether oxygens (including phenoxy) is 2. The highest BCUT2D eigenvalue weighted by molar-refractivity contribution is 5.95. The molecule has 1 atom stereocenters. The summed E-state index contributed by atoms with van der Waals surface area (Å²) in [5.41, 5.74) is 10.6. The van der Waals surface area contributed by atoms with Gasteiger partial charge in [-0.25, -0.2) is 0 Å². The lowest BCUT2D eigenvalue weighted by molar-refractivity contribution is -0.122. The van der Waals surface area contributed by atoms with Crippen LogP contribution in [0.25, 0.3) is 0 Å². The summed E-state index contributed by atoms with van der Waals surface area (Å²) in [6.45, 7) is 2.74. The van der Waals surface area contributed by atoms with Gasteiger partial charge in [-0.2, -0.15) is 0 Å². The highest BCUT2D eigenvalue weighted by Gasteiger charge is 2.26. The minimum atomic E-state index is -0.782. The molecule has 5 aromatic rings. The van der Waals surface area contributed by atoms with E-state index in [9.17, 15) is 4.79 Å². The molecule has 0 saturated carbocycles. The highest BCUT2D eigenvalue weighted by Crippen LogP contribution is 2.33. The van der Waals surface area contributed by atoms with Gasteiger partial charge in [-0.05, 0) is 65.6 Å². The van der Waals surface area contributed by atoms with E-state index in [4.69, 9.17) is 20.6 Å². The number of hydrogen-bond acceptors (Lipinski definition) is 5. The molecule has 0 aromatic heterocycles. The normalized spacial score (nSPS) is 11.4. The highest BCUT2D eigenvalue weighted by atomic mass is 16.5. The van der Waals surface area contributed by atoms with Crippen molar-refractivity contribution in [3.05, 3.63) is 161 Å². The average Bonchev–Trinajstić information content (AvgIpc) is 3.07. The molecule has 0 aliphatic carbocycles. The van der Waals surface area contributed by atoms with Crippen molar-refractivity contribution in [1.29, 1.82) is 5.41 Å². The number of amidine groups is 1. The van der Waals surface area contributed by atoms with Crippen LogP contribution < -0.4 is 25.8 Å². The Bertz CT molecular complexity index is 1620. The molecular weight excluding hydrogens is 548 g/mol. The predicted octanol–water partition coefficient (Wildman–Crippen LogP) is 7.01. The number of anilines is 1. The van der Waals surface area contributed by atoms with E-state index < -0.39 is 6.04 Å². The zero-order valence-corrected chi connectivity index (χ0v) is 24.6. The van der Waals surface area contributed by atoms with Crippen LogP contribution in [0.1, 0.15) is 46.8 Å². The fourth-order valence-electron chi connectivity index (χ4n) is 4.92. The molecule has 0 aliphatic rings. The van der Waals surface area contributed by atoms with Gasteiger partial charge in [0.15, 0.2) is 11.5 Å². The standard InChI is InChI=1S/C37H36N4O3/c1-2-43-33-24-30(20-23-32(33)44-25-26-12-6-3-7-13-26)35(40-31-21-18-29(19-22-31)36(38)39)37(42)41-34(27-14-8-4-9-15-27)28-16-10-5-11-17-28/h3-24,34-35,40H,2,25H2,1H3,(H3,38,39)(H,41,42)/t35-/m1/s1. The van der Waals surface area contributed by atoms with Gasteiger partial charge in [-0.1, -0.05) is 97.1 Å². The Labute approximate surface area is 258 Å². The van der Waals surface area contributed by atoms with Gasteiger partial charge in [0.1, 0.15) is 18.5 Å². The van der Waals surface area contributed by atoms with E-state index >= 15 is 0 Å². The third-order valence-electron chi connectivity index (χ3n) is 7.16. The molecule has 1 amide bonds. The lowest BCUT2D eigenvalue weighted by Crippen LogP contribution is -2.36. The SMILES string of the molecule is CCOc1cc([C@@H](Nc2ccc(C(=N)N)cc2)C(=O)NC(c2ccccc2)c2ccccc2)ccc1OCc1ccccc1. The summed E-state index contributed by atoms with van der Waals surface area (Å²) in [6, 6.07) is 41.3. The van der Waals surface area contributed by atoms with Gasteiger partial charge in [0.25, 0.3) is 0 Å². The van der Waals surface area contributed by atoms with Gasteiger partial charge in [0, 0.05) is 11.3 Å². The molecule has 0 radical (unpaired) electrons. The van der Waals surface area contributed by atoms with Crippen molar-refractivity contribution in [1.82, 2.24) is 5.32 Å². The van der Waals surface area contributed by atoms with Crippen molar-refractivity contribution < 1.29 is 14.3 Å². The molecule has 0 spiro atoms. The van der Waals surface area contributed by atoms with Crippen molar-refractivity contribution in [2.75, 3.05) is 11.9 Å². The fraction of sp³-hybridized carbons (Fsp3) is 0.135. The molecule has 7 heteroatoms. The van der Waals surface area contributed by atoms with Crippen molar-refractivity contribution in [3.63, 3.8) is 0 Å². The van der Waals surface area contributed by atoms with Gasteiger partial charge in [0.05, 0.1) is 12.6 Å². The van der Waals surface area contributed by atoms with Crippen molar-refractivity contribution in [2.24, 2.45) is 5.73 Å². The van der Waals surface area contributed by atoms with Gasteiger partial charge in [0.2, 0.25) is 5.91 Å². The topological polar surface area (TPSA) is 109 Å². The van der Waals surface area contributed by atoms with Crippen LogP contribution in [0.2, 0.25) is 0 Å². The van der Waals surface area contributed by atoms with Crippen LogP contribution in [0.5, 0.6) is 11.5 Å². The number of nitrogen functional groups attached to an aromatic ring is 1. The molecule has 222 valence electrons. The predicted molar refractivity (Wildman–Crippen MR) is 175 cm³/mol. The summed E-state index contributed by atoms with van der Waals surface area (Å²) in [5.74, 6) is 0.900. The maximum Gasteiger partial charge on any atom is 0.247 e. The summed E-state index contributed by atoms with van der Waals surface area (Å²) in [7, 11) is 0. The number of rotatable bonds is 13. The Morgan fingerprint density at radius 3 is 1.89 bits per heavy atom. The zero-order chi connectivity index (χ0) is 30.7. The second-order valence-electron chi connectivity index (χ2n) is 10.2. The molecule has 5 N–H and O–H groups in total. The smallest absolute Gasteiger partial charge is 0.247 e. The molecule has 7 nitrogen and oxygen atoms in total. The number of carbonyl (C=O) groups is 1. The summed E-state index contributed by atoms with van der Waals surface area (Å²) < 4.78 is 12.1. The average molecular weight is 585 g/mol. The lowest BCUT2D eigenvalue weighted by Gasteiger charge is -2.26. The zero-order valence-electron chi connectivity index (χ0n) is 24.6. The van der Waals surface area contributed by atoms with E-state index in [0.29, 0.717) is 41.5 Å². The Balaban J connectivity index is 1.48. The molecule has 0 heterocycles. The molecular formula is C37H36N4O3. The number of hydrogen-bond donors (Lipinski definition) is 4. The molecule has 0 unspecified atom stereocenters. The summed E-state index contributed by atoms with van der Waals surface area (Å²) in [5, 5.41) is 14.4. The van der Waals surface area contributed by atoms with E-state index in [1.165, 1.54) is 0 Å². The van der Waals surface area contributed by atoms with Crippen LogP contribution in [0.15, 0.2) is 133 Å². The van der Waals surface area contributed by atoms with Gasteiger partial charge in [-0.15, -0.1) is 0 Å². The van der Waals surface area contributed by atoms with Crippen molar-refractivity contribution >= 4 is 17.4 Å². The third-order valence-corrected chi connectivity index (χ3v) is 7.16. The van der Waals surface area contributed by atoms with Crippen LogP contribution in [0.3, 0.4) is 0 Å². The van der Waals surface area contributed by atoms with E-state index in [1.807, 2.05) is 128 Å². The maximum atomic E-state index is 14.2. The number of carbonyl (C=O) groups excluding carboxylic acids is 1. The first-order chi connectivity index (χ1) is 21.5. The summed E-state index contributed by atoms with van der Waals surface area (Å²) in [4.78, 5) is 14.2. The van der Waals surface area contributed by atoms with Crippen molar-refractivity contribution in [3.8, 4) is 11.5 Å². The number of nitrogens with one attached hydrogen (secondary N) is 3. The first-order valence-corrected chi connectivity index (χ1v) is 14.6. The van der Waals surface area contributed by atoms with Crippen LogP contribution in [-0.2, 0) is 11.4 Å². The number of nitrogens with two attached hydrogens (primary N) is 1. The second-order valence-corrected chi connectivity index (χ2v) is 10.2. The van der Waals surface area contributed by atoms with Crippen LogP contribution in [0, 0.1) is 5.41 Å². The monoisotopic (exact) mass is 584 g/mol. The third kappa shape index (κ3) is 7.63. The van der Waals surface area contributed by atoms with Gasteiger partial charge < -0.3 is 25.8 Å². The van der Waals surface area contributed by atoms with Crippen LogP contribution in [-0.4, -0.2) is 18.3 Å². The Morgan fingerprint density at radius 1 is 0.727 bits per heavy atom. The maximum absolute atomic E-state index is 14.2. The molecule has 0 aliphatic heterocycles. The minimum Gasteiger partial charge on any atom is -0.490 e. The summed E-state index contributed by atoms with van der Waals surface area (Å²) >= 11 is 0. The second kappa shape index (κ2) is 14.6. The first-order valence-electron chi connectivity index (χ1n) is 14.6. The Morgan fingerprint density at radius 2 is 1.32 bits per heavy atom. The molecule has 44 heavy (non-hydrogen) atoms. The minimum absolute atomic E-state index is 0.0214. The molecule has 5 aromatic carbocycles. The first kappa shape index (κ1) is 29.9. The van der Waals surface area contributed by atoms with Crippen molar-refractivity contribution in [2.45, 2.75) is 25.6 Å². The molecule has 0 saturated heterocycles. The lowest BCUT2D eigenvalue weighted by atomic mass is 9.97. The Kier molecular flexibility index (Phi) is 9.90. The van der Waals surface area contributed by atoms with Gasteiger partial charge in [-0.3, -0.25) is 10.2 Å². The Hall–Kier alpha value is -5.56. The van der Waals surface area contributed by atoms with E-state index in [2.05, 4.69) is 10.6 Å². The van der Waals surface area contributed by atoms with E-state index in [1.54, 1.807) is 12.1 Å².